The first-order valence-electron chi connectivity index (χ1n) is 6.37. The van der Waals surface area contributed by atoms with Crippen LogP contribution in [0.1, 0.15) is 13.3 Å². The van der Waals surface area contributed by atoms with Crippen LogP contribution in [0.25, 0.3) is 0 Å². The fourth-order valence-electron chi connectivity index (χ4n) is 2.23. The number of benzene rings is 1. The van der Waals surface area contributed by atoms with Gasteiger partial charge < -0.3 is 15.5 Å². The molecule has 0 bridgehead atoms. The van der Waals surface area contributed by atoms with E-state index in [2.05, 4.69) is 0 Å². The quantitative estimate of drug-likeness (QED) is 0.882. The van der Waals surface area contributed by atoms with Gasteiger partial charge in [-0.15, -0.1) is 0 Å². The number of amides is 2. The molecule has 0 saturated carbocycles. The highest BCUT2D eigenvalue weighted by atomic mass is 16.2. The molecule has 19 heavy (non-hydrogen) atoms. The van der Waals surface area contributed by atoms with Gasteiger partial charge in [0.05, 0.1) is 0 Å². The number of carbonyl (C=O) groups excluding carboxylic acids is 2. The summed E-state index contributed by atoms with van der Waals surface area (Å²) in [6.07, 6.45) is 0.519. The maximum absolute atomic E-state index is 11.9. The number of hydrogen-bond donors (Lipinski definition) is 1. The molecule has 0 spiro atoms. The van der Waals surface area contributed by atoms with E-state index in [0.29, 0.717) is 19.5 Å². The van der Waals surface area contributed by atoms with Crippen LogP contribution < -0.4 is 15.5 Å². The third-order valence-electron chi connectivity index (χ3n) is 3.56. The lowest BCUT2D eigenvalue weighted by molar-refractivity contribution is -0.117. The Bertz CT molecular complexity index is 484. The zero-order chi connectivity index (χ0) is 14.0. The fourth-order valence-corrected chi connectivity index (χ4v) is 2.23. The minimum absolute atomic E-state index is 0.0202. The second-order valence-corrected chi connectivity index (χ2v) is 4.90. The lowest BCUT2D eigenvalue weighted by Crippen LogP contribution is -2.26. The van der Waals surface area contributed by atoms with Crippen molar-refractivity contribution in [1.82, 2.24) is 0 Å². The summed E-state index contributed by atoms with van der Waals surface area (Å²) in [5, 5.41) is 0. The highest BCUT2D eigenvalue weighted by molar-refractivity contribution is 5.96. The molecule has 1 aromatic carbocycles. The summed E-state index contributed by atoms with van der Waals surface area (Å²) in [6.45, 7) is 2.73. The molecule has 0 radical (unpaired) electrons. The van der Waals surface area contributed by atoms with Crippen molar-refractivity contribution >= 4 is 23.2 Å². The molecular weight excluding hydrogens is 242 g/mol. The topological polar surface area (TPSA) is 66.6 Å². The molecule has 0 aliphatic carbocycles. The summed E-state index contributed by atoms with van der Waals surface area (Å²) in [6, 6.07) is 7.43. The molecule has 1 aliphatic rings. The Kier molecular flexibility index (Phi) is 3.85. The first kappa shape index (κ1) is 13.5. The maximum Gasteiger partial charge on any atom is 0.227 e. The molecule has 1 unspecified atom stereocenters. The summed E-state index contributed by atoms with van der Waals surface area (Å²) in [7, 11) is 1.73. The number of rotatable bonds is 3. The van der Waals surface area contributed by atoms with Crippen molar-refractivity contribution in [2.24, 2.45) is 11.7 Å². The second kappa shape index (κ2) is 5.40. The van der Waals surface area contributed by atoms with Crippen LogP contribution in [0.5, 0.6) is 0 Å². The summed E-state index contributed by atoms with van der Waals surface area (Å²) < 4.78 is 0. The molecule has 102 valence electrons. The Hall–Kier alpha value is -1.88. The van der Waals surface area contributed by atoms with Gasteiger partial charge in [-0.1, -0.05) is 0 Å². The molecule has 5 nitrogen and oxygen atoms in total. The average molecular weight is 261 g/mol. The Morgan fingerprint density at radius 3 is 2.53 bits per heavy atom. The first-order valence-corrected chi connectivity index (χ1v) is 6.37. The van der Waals surface area contributed by atoms with Gasteiger partial charge in [-0.05, 0) is 36.7 Å². The standard InChI is InChI=1S/C14H19N3O2/c1-10(18)16(2)12-3-5-13(6-4-12)17-9-11(8-15)7-14(17)19/h3-6,11H,7-9,15H2,1-2H3. The smallest absolute Gasteiger partial charge is 0.227 e. The van der Waals surface area contributed by atoms with Gasteiger partial charge >= 0.3 is 0 Å². The van der Waals surface area contributed by atoms with Crippen molar-refractivity contribution in [2.75, 3.05) is 29.9 Å². The largest absolute Gasteiger partial charge is 0.330 e. The third-order valence-corrected chi connectivity index (χ3v) is 3.56. The van der Waals surface area contributed by atoms with E-state index in [1.165, 1.54) is 6.92 Å². The maximum atomic E-state index is 11.9. The van der Waals surface area contributed by atoms with E-state index >= 15 is 0 Å². The molecule has 1 atom stereocenters. The number of anilines is 2. The second-order valence-electron chi connectivity index (χ2n) is 4.90. The van der Waals surface area contributed by atoms with Gasteiger partial charge in [0.2, 0.25) is 11.8 Å². The van der Waals surface area contributed by atoms with Crippen molar-refractivity contribution < 1.29 is 9.59 Å². The van der Waals surface area contributed by atoms with Crippen LogP contribution in [-0.2, 0) is 9.59 Å². The summed E-state index contributed by atoms with van der Waals surface area (Å²) in [5.41, 5.74) is 7.29. The zero-order valence-corrected chi connectivity index (χ0v) is 11.3. The number of nitrogens with zero attached hydrogens (tertiary/aromatic N) is 2. The van der Waals surface area contributed by atoms with Crippen LogP contribution in [0, 0.1) is 5.92 Å². The van der Waals surface area contributed by atoms with Gasteiger partial charge in [0.15, 0.2) is 0 Å². The monoisotopic (exact) mass is 261 g/mol. The van der Waals surface area contributed by atoms with Crippen LogP contribution in [-0.4, -0.2) is 32.0 Å². The lowest BCUT2D eigenvalue weighted by Gasteiger charge is -2.19. The van der Waals surface area contributed by atoms with Crippen molar-refractivity contribution in [1.29, 1.82) is 0 Å². The van der Waals surface area contributed by atoms with E-state index in [0.717, 1.165) is 11.4 Å². The predicted octanol–water partition coefficient (Wildman–Crippen LogP) is 0.981. The molecule has 1 aromatic rings. The van der Waals surface area contributed by atoms with Crippen molar-refractivity contribution in [3.05, 3.63) is 24.3 Å². The van der Waals surface area contributed by atoms with E-state index in [9.17, 15) is 9.59 Å². The van der Waals surface area contributed by atoms with E-state index < -0.39 is 0 Å². The van der Waals surface area contributed by atoms with E-state index in [4.69, 9.17) is 5.73 Å². The van der Waals surface area contributed by atoms with Crippen molar-refractivity contribution in [3.8, 4) is 0 Å². The van der Waals surface area contributed by atoms with Gasteiger partial charge in [0.1, 0.15) is 0 Å². The van der Waals surface area contributed by atoms with Crippen molar-refractivity contribution in [3.63, 3.8) is 0 Å². The molecule has 2 amide bonds. The van der Waals surface area contributed by atoms with Crippen LogP contribution in [0.2, 0.25) is 0 Å². The van der Waals surface area contributed by atoms with Gasteiger partial charge in [-0.2, -0.15) is 0 Å². The number of hydrogen-bond acceptors (Lipinski definition) is 3. The molecule has 1 aliphatic heterocycles. The average Bonchev–Trinajstić information content (AvgIpc) is 2.79. The Morgan fingerprint density at radius 1 is 1.42 bits per heavy atom. The first-order chi connectivity index (χ1) is 9.02. The molecule has 2 rings (SSSR count). The third kappa shape index (κ3) is 2.76. The van der Waals surface area contributed by atoms with Crippen molar-refractivity contribution in [2.45, 2.75) is 13.3 Å². The van der Waals surface area contributed by atoms with Gasteiger partial charge in [-0.3, -0.25) is 9.59 Å². The van der Waals surface area contributed by atoms with Crippen LogP contribution >= 0.6 is 0 Å². The molecule has 1 fully saturated rings. The van der Waals surface area contributed by atoms with Gasteiger partial charge in [0, 0.05) is 38.3 Å². The summed E-state index contributed by atoms with van der Waals surface area (Å²) >= 11 is 0. The minimum Gasteiger partial charge on any atom is -0.330 e. The molecule has 0 aromatic heterocycles. The Morgan fingerprint density at radius 2 is 2.05 bits per heavy atom. The summed E-state index contributed by atoms with van der Waals surface area (Å²) in [5.74, 6) is 0.336. The van der Waals surface area contributed by atoms with E-state index in [1.54, 1.807) is 16.8 Å². The SMILES string of the molecule is CC(=O)N(C)c1ccc(N2CC(CN)CC2=O)cc1. The molecule has 5 heteroatoms. The van der Waals surface area contributed by atoms with Gasteiger partial charge in [0.25, 0.3) is 0 Å². The highest BCUT2D eigenvalue weighted by Gasteiger charge is 2.29. The predicted molar refractivity (Wildman–Crippen MR) is 75.0 cm³/mol. The normalized spacial score (nSPS) is 18.8. The van der Waals surface area contributed by atoms with Gasteiger partial charge in [-0.25, -0.2) is 0 Å². The minimum atomic E-state index is -0.0202. The van der Waals surface area contributed by atoms with E-state index in [1.807, 2.05) is 24.3 Å². The molecule has 1 heterocycles. The highest BCUT2D eigenvalue weighted by Crippen LogP contribution is 2.26. The van der Waals surface area contributed by atoms with Crippen LogP contribution in [0.15, 0.2) is 24.3 Å². The van der Waals surface area contributed by atoms with E-state index in [-0.39, 0.29) is 17.7 Å². The number of nitrogens with two attached hydrogens (primary N) is 1. The zero-order valence-electron chi connectivity index (χ0n) is 11.3. The molecule has 2 N–H and O–H groups in total. The summed E-state index contributed by atoms with van der Waals surface area (Å²) in [4.78, 5) is 26.5. The molecule has 1 saturated heterocycles. The Balaban J connectivity index is 2.15. The Labute approximate surface area is 113 Å². The number of carbonyl (C=O) groups is 2. The van der Waals surface area contributed by atoms with Crippen LogP contribution in [0.4, 0.5) is 11.4 Å². The molecular formula is C14H19N3O2. The fraction of sp³-hybridized carbons (Fsp3) is 0.429. The lowest BCUT2D eigenvalue weighted by atomic mass is 10.1. The van der Waals surface area contributed by atoms with Crippen LogP contribution in [0.3, 0.4) is 0 Å².